The first-order valence-corrected chi connectivity index (χ1v) is 5.51. The fourth-order valence-electron chi connectivity index (χ4n) is 1.90. The van der Waals surface area contributed by atoms with E-state index in [1.54, 1.807) is 14.0 Å². The molecule has 0 aliphatic carbocycles. The van der Waals surface area contributed by atoms with E-state index in [1.807, 2.05) is 25.1 Å². The van der Waals surface area contributed by atoms with Crippen LogP contribution in [0.1, 0.15) is 23.0 Å². The maximum absolute atomic E-state index is 11.7. The quantitative estimate of drug-likeness (QED) is 0.829. The summed E-state index contributed by atoms with van der Waals surface area (Å²) in [5, 5.41) is 0.979. The number of hydrogen-bond donors (Lipinski definition) is 1. The van der Waals surface area contributed by atoms with E-state index in [4.69, 9.17) is 9.47 Å². The van der Waals surface area contributed by atoms with Gasteiger partial charge in [0.25, 0.3) is 0 Å². The van der Waals surface area contributed by atoms with Gasteiger partial charge in [-0.1, -0.05) is 12.1 Å². The molecule has 0 spiro atoms. The monoisotopic (exact) mass is 233 g/mol. The van der Waals surface area contributed by atoms with Crippen LogP contribution in [-0.2, 0) is 4.74 Å². The lowest BCUT2D eigenvalue weighted by molar-refractivity contribution is 0.0520. The number of aromatic amines is 1. The second kappa shape index (κ2) is 4.49. The summed E-state index contributed by atoms with van der Waals surface area (Å²) < 4.78 is 10.3. The number of carbonyl (C=O) groups is 1. The molecule has 17 heavy (non-hydrogen) atoms. The molecule has 0 saturated carbocycles. The first-order chi connectivity index (χ1) is 8.19. The van der Waals surface area contributed by atoms with Gasteiger partial charge in [0.05, 0.1) is 19.2 Å². The van der Waals surface area contributed by atoms with E-state index in [2.05, 4.69) is 4.98 Å². The number of para-hydroxylation sites is 1. The minimum atomic E-state index is -0.330. The summed E-state index contributed by atoms with van der Waals surface area (Å²) in [5.41, 5.74) is 2.21. The van der Waals surface area contributed by atoms with Crippen molar-refractivity contribution < 1.29 is 14.3 Å². The van der Waals surface area contributed by atoms with Crippen LogP contribution in [0.25, 0.3) is 10.9 Å². The molecule has 0 atom stereocenters. The van der Waals surface area contributed by atoms with Crippen molar-refractivity contribution in [3.05, 3.63) is 29.5 Å². The van der Waals surface area contributed by atoms with Crippen LogP contribution in [0.5, 0.6) is 5.75 Å². The maximum Gasteiger partial charge on any atom is 0.355 e. The number of esters is 1. The van der Waals surface area contributed by atoms with Crippen LogP contribution in [0.15, 0.2) is 18.2 Å². The van der Waals surface area contributed by atoms with Gasteiger partial charge in [-0.2, -0.15) is 0 Å². The maximum atomic E-state index is 11.7. The molecule has 0 radical (unpaired) electrons. The van der Waals surface area contributed by atoms with Crippen molar-refractivity contribution in [2.45, 2.75) is 13.8 Å². The van der Waals surface area contributed by atoms with Crippen molar-refractivity contribution >= 4 is 16.9 Å². The van der Waals surface area contributed by atoms with Crippen LogP contribution in [-0.4, -0.2) is 24.7 Å². The standard InChI is InChI=1S/C13H15NO3/c1-4-17-13(15)11-8(2)9-6-5-7-10(16-3)12(9)14-11/h5-7,14H,4H2,1-3H3. The van der Waals surface area contributed by atoms with Crippen molar-refractivity contribution in [3.63, 3.8) is 0 Å². The Labute approximate surface area is 99.5 Å². The van der Waals surface area contributed by atoms with Crippen molar-refractivity contribution in [2.24, 2.45) is 0 Å². The van der Waals surface area contributed by atoms with Crippen LogP contribution in [0.2, 0.25) is 0 Å². The Hall–Kier alpha value is -1.97. The van der Waals surface area contributed by atoms with Gasteiger partial charge in [0.2, 0.25) is 0 Å². The molecule has 90 valence electrons. The predicted molar refractivity (Wildman–Crippen MR) is 65.5 cm³/mol. The van der Waals surface area contributed by atoms with Crippen molar-refractivity contribution in [2.75, 3.05) is 13.7 Å². The highest BCUT2D eigenvalue weighted by molar-refractivity contribution is 5.99. The average Bonchev–Trinajstić information content (AvgIpc) is 2.67. The third-order valence-electron chi connectivity index (χ3n) is 2.75. The van der Waals surface area contributed by atoms with E-state index < -0.39 is 0 Å². The van der Waals surface area contributed by atoms with Crippen LogP contribution in [0.3, 0.4) is 0 Å². The number of methoxy groups -OCH3 is 1. The summed E-state index contributed by atoms with van der Waals surface area (Å²) in [7, 11) is 1.61. The molecule has 1 heterocycles. The molecule has 0 saturated heterocycles. The van der Waals surface area contributed by atoms with Gasteiger partial charge in [-0.3, -0.25) is 0 Å². The second-order valence-corrected chi connectivity index (χ2v) is 3.73. The highest BCUT2D eigenvalue weighted by atomic mass is 16.5. The number of carbonyl (C=O) groups excluding carboxylic acids is 1. The third kappa shape index (κ3) is 1.86. The molecule has 2 rings (SSSR count). The van der Waals surface area contributed by atoms with Gasteiger partial charge >= 0.3 is 5.97 Å². The molecule has 0 fully saturated rings. The lowest BCUT2D eigenvalue weighted by Crippen LogP contribution is -2.06. The SMILES string of the molecule is CCOC(=O)c1[nH]c2c(OC)cccc2c1C. The third-order valence-corrected chi connectivity index (χ3v) is 2.75. The molecule has 1 aromatic carbocycles. The smallest absolute Gasteiger partial charge is 0.355 e. The van der Waals surface area contributed by atoms with Gasteiger partial charge in [-0.25, -0.2) is 4.79 Å². The second-order valence-electron chi connectivity index (χ2n) is 3.73. The van der Waals surface area contributed by atoms with Gasteiger partial charge in [0.15, 0.2) is 0 Å². The highest BCUT2D eigenvalue weighted by Crippen LogP contribution is 2.29. The zero-order chi connectivity index (χ0) is 12.4. The highest BCUT2D eigenvalue weighted by Gasteiger charge is 2.17. The Balaban J connectivity index is 2.60. The normalized spacial score (nSPS) is 10.5. The van der Waals surface area contributed by atoms with Gasteiger partial charge in [0, 0.05) is 5.39 Å². The van der Waals surface area contributed by atoms with Gasteiger partial charge in [0.1, 0.15) is 11.4 Å². The number of hydrogen-bond acceptors (Lipinski definition) is 3. The van der Waals surface area contributed by atoms with Gasteiger partial charge in [-0.05, 0) is 25.5 Å². The Kier molecular flexibility index (Phi) is 3.04. The lowest BCUT2D eigenvalue weighted by Gasteiger charge is -2.00. The zero-order valence-corrected chi connectivity index (χ0v) is 10.2. The molecule has 0 unspecified atom stereocenters. The summed E-state index contributed by atoms with van der Waals surface area (Å²) in [6.07, 6.45) is 0. The van der Waals surface area contributed by atoms with E-state index >= 15 is 0 Å². The van der Waals surface area contributed by atoms with Crippen molar-refractivity contribution in [1.29, 1.82) is 0 Å². The number of benzene rings is 1. The number of aryl methyl sites for hydroxylation is 1. The molecule has 0 aliphatic heterocycles. The number of ether oxygens (including phenoxy) is 2. The molecule has 1 aromatic heterocycles. The number of aromatic nitrogens is 1. The summed E-state index contributed by atoms with van der Waals surface area (Å²) in [6, 6.07) is 5.70. The van der Waals surface area contributed by atoms with Gasteiger partial charge in [-0.15, -0.1) is 0 Å². The summed E-state index contributed by atoms with van der Waals surface area (Å²) in [4.78, 5) is 14.8. The Morgan fingerprint density at radius 3 is 2.82 bits per heavy atom. The van der Waals surface area contributed by atoms with E-state index in [9.17, 15) is 4.79 Å². The Morgan fingerprint density at radius 2 is 2.18 bits per heavy atom. The molecule has 0 bridgehead atoms. The summed E-state index contributed by atoms with van der Waals surface area (Å²) in [6.45, 7) is 4.05. The molecule has 4 heteroatoms. The number of nitrogens with one attached hydrogen (secondary N) is 1. The molecule has 2 aromatic rings. The largest absolute Gasteiger partial charge is 0.495 e. The molecular weight excluding hydrogens is 218 g/mol. The van der Waals surface area contributed by atoms with E-state index in [0.29, 0.717) is 12.3 Å². The number of rotatable bonds is 3. The van der Waals surface area contributed by atoms with E-state index in [1.165, 1.54) is 0 Å². The van der Waals surface area contributed by atoms with Gasteiger partial charge < -0.3 is 14.5 Å². The van der Waals surface area contributed by atoms with E-state index in [-0.39, 0.29) is 5.97 Å². The molecule has 0 amide bonds. The van der Waals surface area contributed by atoms with Crippen LogP contribution < -0.4 is 4.74 Å². The zero-order valence-electron chi connectivity index (χ0n) is 10.2. The fourth-order valence-corrected chi connectivity index (χ4v) is 1.90. The Morgan fingerprint density at radius 1 is 1.41 bits per heavy atom. The predicted octanol–water partition coefficient (Wildman–Crippen LogP) is 2.66. The van der Waals surface area contributed by atoms with Crippen LogP contribution in [0.4, 0.5) is 0 Å². The fraction of sp³-hybridized carbons (Fsp3) is 0.308. The minimum absolute atomic E-state index is 0.330. The first kappa shape index (κ1) is 11.5. The average molecular weight is 233 g/mol. The number of H-pyrrole nitrogens is 1. The lowest BCUT2D eigenvalue weighted by atomic mass is 10.1. The van der Waals surface area contributed by atoms with Crippen molar-refractivity contribution in [1.82, 2.24) is 4.98 Å². The van der Waals surface area contributed by atoms with E-state index in [0.717, 1.165) is 22.2 Å². The Bertz CT molecular complexity index is 557. The van der Waals surface area contributed by atoms with Crippen molar-refractivity contribution in [3.8, 4) is 5.75 Å². The van der Waals surface area contributed by atoms with Crippen LogP contribution >= 0.6 is 0 Å². The summed E-state index contributed by atoms with van der Waals surface area (Å²) in [5.74, 6) is 0.393. The minimum Gasteiger partial charge on any atom is -0.495 e. The molecule has 0 aliphatic rings. The molecular formula is C13H15NO3. The summed E-state index contributed by atoms with van der Waals surface area (Å²) >= 11 is 0. The first-order valence-electron chi connectivity index (χ1n) is 5.51. The molecule has 1 N–H and O–H groups in total. The van der Waals surface area contributed by atoms with Crippen LogP contribution in [0, 0.1) is 6.92 Å². The number of fused-ring (bicyclic) bond motifs is 1. The molecule has 4 nitrogen and oxygen atoms in total. The topological polar surface area (TPSA) is 51.3 Å².